The fraction of sp³-hybridized carbons (Fsp3) is 1.00. The van der Waals surface area contributed by atoms with Crippen LogP contribution in [0.2, 0.25) is 0 Å². The molecule has 4 bridgehead atoms. The van der Waals surface area contributed by atoms with E-state index in [1.807, 2.05) is 0 Å². The zero-order valence-corrected chi connectivity index (χ0v) is 13.2. The first-order valence-corrected chi connectivity index (χ1v) is 9.07. The summed E-state index contributed by atoms with van der Waals surface area (Å²) in [6.45, 7) is 2.57. The summed E-state index contributed by atoms with van der Waals surface area (Å²) in [5, 5.41) is 0. The van der Waals surface area contributed by atoms with Gasteiger partial charge in [0.2, 0.25) is 0 Å². The van der Waals surface area contributed by atoms with E-state index < -0.39 is 0 Å². The summed E-state index contributed by atoms with van der Waals surface area (Å²) in [4.78, 5) is 0. The lowest BCUT2D eigenvalue weighted by molar-refractivity contribution is -0.120. The smallest absolute Gasteiger partial charge is 0.0269 e. The van der Waals surface area contributed by atoms with Crippen LogP contribution in [0.25, 0.3) is 0 Å². The lowest BCUT2D eigenvalue weighted by Gasteiger charge is -2.63. The zero-order chi connectivity index (χ0) is 13.8. The molecule has 3 atom stereocenters. The molecule has 20 heavy (non-hydrogen) atoms. The minimum absolute atomic E-state index is 0.552. The minimum atomic E-state index is 0.552. The van der Waals surface area contributed by atoms with E-state index >= 15 is 0 Å². The van der Waals surface area contributed by atoms with Gasteiger partial charge >= 0.3 is 0 Å². The Morgan fingerprint density at radius 3 is 2.30 bits per heavy atom. The van der Waals surface area contributed by atoms with Gasteiger partial charge in [-0.25, -0.2) is 0 Å². The Hall–Kier alpha value is -0.0800. The number of nitrogens with one attached hydrogen (secondary N) is 1. The van der Waals surface area contributed by atoms with Crippen molar-refractivity contribution in [3.05, 3.63) is 0 Å². The van der Waals surface area contributed by atoms with E-state index in [1.165, 1.54) is 70.6 Å². The molecule has 0 heterocycles. The van der Waals surface area contributed by atoms with Crippen LogP contribution in [0, 0.1) is 28.6 Å². The topological polar surface area (TPSA) is 38.0 Å². The summed E-state index contributed by atoms with van der Waals surface area (Å²) >= 11 is 0. The van der Waals surface area contributed by atoms with Gasteiger partial charge in [-0.1, -0.05) is 32.6 Å². The molecule has 0 aliphatic heterocycles. The van der Waals surface area contributed by atoms with Gasteiger partial charge in [0.25, 0.3) is 0 Å². The number of hydrogen-bond donors (Lipinski definition) is 2. The molecule has 114 valence electrons. The van der Waals surface area contributed by atoms with Crippen LogP contribution in [-0.4, -0.2) is 6.04 Å². The lowest BCUT2D eigenvalue weighted by atomic mass is 9.43. The molecule has 5 aliphatic carbocycles. The van der Waals surface area contributed by atoms with Crippen LogP contribution >= 0.6 is 0 Å². The van der Waals surface area contributed by atoms with Crippen molar-refractivity contribution in [2.45, 2.75) is 83.6 Å². The van der Waals surface area contributed by atoms with Crippen molar-refractivity contribution in [3.63, 3.8) is 0 Å². The molecule has 3 unspecified atom stereocenters. The van der Waals surface area contributed by atoms with Gasteiger partial charge in [-0.05, 0) is 73.5 Å². The first kappa shape index (κ1) is 13.6. The summed E-state index contributed by atoms with van der Waals surface area (Å²) in [5.74, 6) is 9.05. The second-order valence-corrected chi connectivity index (χ2v) is 9.24. The van der Waals surface area contributed by atoms with Crippen LogP contribution in [0.3, 0.4) is 0 Å². The predicted octanol–water partition coefficient (Wildman–Crippen LogP) is 4.01. The monoisotopic (exact) mass is 276 g/mol. The van der Waals surface area contributed by atoms with Gasteiger partial charge in [-0.3, -0.25) is 11.3 Å². The van der Waals surface area contributed by atoms with Gasteiger partial charge in [0.15, 0.2) is 0 Å². The van der Waals surface area contributed by atoms with E-state index in [2.05, 4.69) is 12.3 Å². The highest BCUT2D eigenvalue weighted by atomic mass is 15.2. The SMILES string of the molecule is CC12CC3CC(C1)CC(C(CC1CCCC1)NN)(C3)C2. The highest BCUT2D eigenvalue weighted by Crippen LogP contribution is 2.66. The molecule has 0 aromatic heterocycles. The molecule has 5 rings (SSSR count). The normalized spacial score (nSPS) is 48.9. The zero-order valence-electron chi connectivity index (χ0n) is 13.2. The van der Waals surface area contributed by atoms with Crippen molar-refractivity contribution >= 4 is 0 Å². The Balaban J connectivity index is 1.55. The fourth-order valence-corrected chi connectivity index (χ4v) is 7.28. The van der Waals surface area contributed by atoms with E-state index in [1.54, 1.807) is 0 Å². The summed E-state index contributed by atoms with van der Waals surface area (Å²) in [6.07, 6.45) is 16.1. The van der Waals surface area contributed by atoms with E-state index in [0.717, 1.165) is 17.8 Å². The van der Waals surface area contributed by atoms with Crippen LogP contribution in [0.4, 0.5) is 0 Å². The Bertz CT molecular complexity index is 358. The lowest BCUT2D eigenvalue weighted by Crippen LogP contribution is -2.60. The third kappa shape index (κ3) is 2.14. The molecule has 0 spiro atoms. The van der Waals surface area contributed by atoms with Crippen LogP contribution in [0.15, 0.2) is 0 Å². The molecule has 0 aromatic rings. The van der Waals surface area contributed by atoms with Crippen molar-refractivity contribution < 1.29 is 0 Å². The van der Waals surface area contributed by atoms with Crippen molar-refractivity contribution in [3.8, 4) is 0 Å². The third-order valence-electron chi connectivity index (χ3n) is 7.38. The Kier molecular flexibility index (Phi) is 3.20. The van der Waals surface area contributed by atoms with Crippen molar-refractivity contribution in [2.24, 2.45) is 34.4 Å². The number of hydrogen-bond acceptors (Lipinski definition) is 2. The number of rotatable bonds is 4. The van der Waals surface area contributed by atoms with Gasteiger partial charge in [0.1, 0.15) is 0 Å². The van der Waals surface area contributed by atoms with Gasteiger partial charge in [-0.2, -0.15) is 0 Å². The third-order valence-corrected chi connectivity index (χ3v) is 7.38. The molecule has 5 saturated carbocycles. The molecule has 0 radical (unpaired) electrons. The quantitative estimate of drug-likeness (QED) is 0.601. The predicted molar refractivity (Wildman–Crippen MR) is 82.9 cm³/mol. The fourth-order valence-electron chi connectivity index (χ4n) is 7.28. The summed E-state index contributed by atoms with van der Waals surface area (Å²) in [6, 6.07) is 0.593. The highest BCUT2D eigenvalue weighted by molar-refractivity contribution is 5.09. The maximum Gasteiger partial charge on any atom is 0.0269 e. The Labute approximate surface area is 124 Å². The summed E-state index contributed by atoms with van der Waals surface area (Å²) in [7, 11) is 0. The van der Waals surface area contributed by atoms with Gasteiger partial charge in [0.05, 0.1) is 0 Å². The molecule has 2 nitrogen and oxygen atoms in total. The van der Waals surface area contributed by atoms with E-state index in [-0.39, 0.29) is 0 Å². The molecule has 5 fully saturated rings. The summed E-state index contributed by atoms with van der Waals surface area (Å²) in [5.41, 5.74) is 4.50. The molecule has 0 aromatic carbocycles. The average molecular weight is 276 g/mol. The van der Waals surface area contributed by atoms with E-state index in [4.69, 9.17) is 5.84 Å². The van der Waals surface area contributed by atoms with Crippen LogP contribution < -0.4 is 11.3 Å². The van der Waals surface area contributed by atoms with E-state index in [9.17, 15) is 0 Å². The Morgan fingerprint density at radius 2 is 1.75 bits per heavy atom. The largest absolute Gasteiger partial charge is 0.271 e. The highest BCUT2D eigenvalue weighted by Gasteiger charge is 2.58. The molecule has 0 saturated heterocycles. The average Bonchev–Trinajstić information content (AvgIpc) is 2.85. The maximum atomic E-state index is 6.07. The molecular formula is C18H32N2. The van der Waals surface area contributed by atoms with Gasteiger partial charge in [-0.15, -0.1) is 0 Å². The van der Waals surface area contributed by atoms with Gasteiger partial charge in [0, 0.05) is 6.04 Å². The van der Waals surface area contributed by atoms with Crippen molar-refractivity contribution in [1.29, 1.82) is 0 Å². The second kappa shape index (κ2) is 4.71. The van der Waals surface area contributed by atoms with Crippen LogP contribution in [-0.2, 0) is 0 Å². The molecule has 2 heteroatoms. The maximum absolute atomic E-state index is 6.07. The molecule has 5 aliphatic rings. The van der Waals surface area contributed by atoms with E-state index in [0.29, 0.717) is 16.9 Å². The minimum Gasteiger partial charge on any atom is -0.271 e. The Morgan fingerprint density at radius 1 is 1.10 bits per heavy atom. The summed E-state index contributed by atoms with van der Waals surface area (Å²) < 4.78 is 0. The standard InChI is InChI=1S/C18H32N2/c1-17-8-14-6-15(9-17)11-18(10-14,12-17)16(20-19)7-13-4-2-3-5-13/h13-16,20H,2-12,19H2,1H3. The van der Waals surface area contributed by atoms with Crippen molar-refractivity contribution in [2.75, 3.05) is 0 Å². The first-order valence-electron chi connectivity index (χ1n) is 9.07. The first-order chi connectivity index (χ1) is 9.61. The van der Waals surface area contributed by atoms with Crippen LogP contribution in [0.5, 0.6) is 0 Å². The molecular weight excluding hydrogens is 244 g/mol. The molecule has 3 N–H and O–H groups in total. The van der Waals surface area contributed by atoms with Crippen molar-refractivity contribution in [1.82, 2.24) is 5.43 Å². The number of hydrazine groups is 1. The molecule has 0 amide bonds. The van der Waals surface area contributed by atoms with Crippen LogP contribution in [0.1, 0.15) is 77.6 Å². The number of nitrogens with two attached hydrogens (primary N) is 1. The van der Waals surface area contributed by atoms with Gasteiger partial charge < -0.3 is 0 Å². The second-order valence-electron chi connectivity index (χ2n) is 9.24.